The molecule has 2 rings (SSSR count). The monoisotopic (exact) mass is 442 g/mol. The molecule has 0 aliphatic rings. The van der Waals surface area contributed by atoms with Crippen LogP contribution in [0, 0.1) is 0 Å². The van der Waals surface area contributed by atoms with Crippen molar-refractivity contribution < 1.29 is 22.7 Å². The van der Waals surface area contributed by atoms with Gasteiger partial charge in [0.15, 0.2) is 6.10 Å². The van der Waals surface area contributed by atoms with Gasteiger partial charge < -0.3 is 14.8 Å². The lowest BCUT2D eigenvalue weighted by Gasteiger charge is -2.16. The largest absolute Gasteiger partial charge is 0.494 e. The molecule has 0 aliphatic carbocycles. The Balaban J connectivity index is 2.06. The van der Waals surface area contributed by atoms with Crippen LogP contribution in [0.2, 0.25) is 0 Å². The number of carbonyl (C=O) groups excluding carboxylic acids is 1. The third-order valence-electron chi connectivity index (χ3n) is 3.26. The number of hydrogen-bond donors (Lipinski definition) is 2. The second kappa shape index (κ2) is 8.41. The number of nitrogens with one attached hydrogen (secondary N) is 2. The zero-order chi connectivity index (χ0) is 19.3. The maximum Gasteiger partial charge on any atom is 0.265 e. The van der Waals surface area contributed by atoms with Gasteiger partial charge in [0.2, 0.25) is 10.0 Å². The summed E-state index contributed by atoms with van der Waals surface area (Å²) in [5, 5.41) is 2.71. The number of hydrogen-bond acceptors (Lipinski definition) is 5. The van der Waals surface area contributed by atoms with Gasteiger partial charge in [-0.15, -0.1) is 0 Å². The van der Waals surface area contributed by atoms with Gasteiger partial charge in [-0.3, -0.25) is 9.52 Å². The van der Waals surface area contributed by atoms with Gasteiger partial charge in [-0.1, -0.05) is 15.9 Å². The lowest BCUT2D eigenvalue weighted by atomic mass is 10.2. The highest BCUT2D eigenvalue weighted by molar-refractivity contribution is 9.10. The summed E-state index contributed by atoms with van der Waals surface area (Å²) >= 11 is 3.33. The standard InChI is InChI=1S/C17H19BrN2O5S/c1-11(25-14-7-4-12(18)5-8-14)17(21)19-13-6-9-15(16(10-13)24-2)20-26(3,22)23/h4-11,20H,1-3H3,(H,19,21). The molecule has 1 unspecified atom stereocenters. The Labute approximate surface area is 160 Å². The summed E-state index contributed by atoms with van der Waals surface area (Å²) < 4.78 is 36.7. The van der Waals surface area contributed by atoms with E-state index in [9.17, 15) is 13.2 Å². The van der Waals surface area contributed by atoms with Crippen LogP contribution >= 0.6 is 15.9 Å². The summed E-state index contributed by atoms with van der Waals surface area (Å²) in [6.45, 7) is 1.63. The second-order valence-electron chi connectivity index (χ2n) is 5.49. The van der Waals surface area contributed by atoms with Crippen molar-refractivity contribution in [3.63, 3.8) is 0 Å². The van der Waals surface area contributed by atoms with Crippen molar-refractivity contribution in [3.8, 4) is 11.5 Å². The molecule has 7 nitrogen and oxygen atoms in total. The predicted octanol–water partition coefficient (Wildman–Crippen LogP) is 3.24. The van der Waals surface area contributed by atoms with Gasteiger partial charge in [0.1, 0.15) is 11.5 Å². The van der Waals surface area contributed by atoms with E-state index in [2.05, 4.69) is 26.0 Å². The first-order valence-electron chi connectivity index (χ1n) is 7.57. The summed E-state index contributed by atoms with van der Waals surface area (Å²) in [6, 6.07) is 11.7. The zero-order valence-electron chi connectivity index (χ0n) is 14.4. The molecule has 9 heteroatoms. The molecule has 0 heterocycles. The molecule has 0 saturated carbocycles. The van der Waals surface area contributed by atoms with Crippen LogP contribution in [0.15, 0.2) is 46.9 Å². The first-order valence-corrected chi connectivity index (χ1v) is 10.3. The highest BCUT2D eigenvalue weighted by Gasteiger charge is 2.16. The fourth-order valence-corrected chi connectivity index (χ4v) is 2.90. The Morgan fingerprint density at radius 2 is 1.81 bits per heavy atom. The first kappa shape index (κ1) is 20.1. The van der Waals surface area contributed by atoms with Crippen LogP contribution in [0.5, 0.6) is 11.5 Å². The van der Waals surface area contributed by atoms with Crippen molar-refractivity contribution in [3.05, 3.63) is 46.9 Å². The van der Waals surface area contributed by atoms with E-state index in [1.54, 1.807) is 25.1 Å². The van der Waals surface area contributed by atoms with Gasteiger partial charge in [0.25, 0.3) is 5.91 Å². The highest BCUT2D eigenvalue weighted by atomic mass is 79.9. The van der Waals surface area contributed by atoms with E-state index < -0.39 is 16.1 Å². The summed E-state index contributed by atoms with van der Waals surface area (Å²) in [5.41, 5.74) is 0.740. The van der Waals surface area contributed by atoms with Gasteiger partial charge in [-0.05, 0) is 43.3 Å². The lowest BCUT2D eigenvalue weighted by molar-refractivity contribution is -0.122. The molecule has 1 amide bonds. The van der Waals surface area contributed by atoms with Crippen molar-refractivity contribution in [1.82, 2.24) is 0 Å². The van der Waals surface area contributed by atoms with E-state index >= 15 is 0 Å². The Morgan fingerprint density at radius 1 is 1.15 bits per heavy atom. The van der Waals surface area contributed by atoms with Gasteiger partial charge in [-0.2, -0.15) is 0 Å². The molecular weight excluding hydrogens is 424 g/mol. The third-order valence-corrected chi connectivity index (χ3v) is 4.38. The van der Waals surface area contributed by atoms with Crippen molar-refractivity contribution in [2.45, 2.75) is 13.0 Å². The molecule has 2 aromatic rings. The Kier molecular flexibility index (Phi) is 6.49. The summed E-state index contributed by atoms with van der Waals surface area (Å²) in [5.74, 6) is 0.509. The van der Waals surface area contributed by atoms with Crippen LogP contribution in [0.25, 0.3) is 0 Å². The van der Waals surface area contributed by atoms with E-state index in [4.69, 9.17) is 9.47 Å². The van der Waals surface area contributed by atoms with Crippen LogP contribution < -0.4 is 19.5 Å². The molecule has 2 N–H and O–H groups in total. The molecule has 0 aromatic heterocycles. The fourth-order valence-electron chi connectivity index (χ4n) is 2.07. The number of amides is 1. The maximum atomic E-state index is 12.3. The van der Waals surface area contributed by atoms with Crippen LogP contribution in [-0.2, 0) is 14.8 Å². The molecule has 0 radical (unpaired) electrons. The molecule has 140 valence electrons. The molecule has 0 bridgehead atoms. The lowest BCUT2D eigenvalue weighted by Crippen LogP contribution is -2.30. The van der Waals surface area contributed by atoms with Gasteiger partial charge in [0, 0.05) is 16.2 Å². The maximum absolute atomic E-state index is 12.3. The number of sulfonamides is 1. The van der Waals surface area contributed by atoms with Crippen LogP contribution in [0.3, 0.4) is 0 Å². The number of ether oxygens (including phenoxy) is 2. The van der Waals surface area contributed by atoms with Crippen LogP contribution in [-0.4, -0.2) is 33.8 Å². The van der Waals surface area contributed by atoms with E-state index in [-0.39, 0.29) is 17.3 Å². The smallest absolute Gasteiger partial charge is 0.265 e. The number of anilines is 2. The first-order chi connectivity index (χ1) is 12.2. The van der Waals surface area contributed by atoms with Crippen molar-refractivity contribution in [1.29, 1.82) is 0 Å². The molecular formula is C17H19BrN2O5S. The van der Waals surface area contributed by atoms with E-state index in [1.165, 1.54) is 19.2 Å². The fraction of sp³-hybridized carbons (Fsp3) is 0.235. The highest BCUT2D eigenvalue weighted by Crippen LogP contribution is 2.28. The third kappa shape index (κ3) is 5.92. The Morgan fingerprint density at radius 3 is 2.38 bits per heavy atom. The minimum absolute atomic E-state index is 0.284. The summed E-state index contributed by atoms with van der Waals surface area (Å²) in [7, 11) is -2.03. The van der Waals surface area contributed by atoms with E-state index in [1.807, 2.05) is 12.1 Å². The summed E-state index contributed by atoms with van der Waals surface area (Å²) in [4.78, 5) is 12.3. The van der Waals surface area contributed by atoms with Crippen LogP contribution in [0.1, 0.15) is 6.92 Å². The second-order valence-corrected chi connectivity index (χ2v) is 8.16. The summed E-state index contributed by atoms with van der Waals surface area (Å²) in [6.07, 6.45) is 0.319. The van der Waals surface area contributed by atoms with Crippen molar-refractivity contribution in [2.24, 2.45) is 0 Å². The molecule has 26 heavy (non-hydrogen) atoms. The van der Waals surface area contributed by atoms with E-state index in [0.29, 0.717) is 11.4 Å². The SMILES string of the molecule is COc1cc(NC(=O)C(C)Oc2ccc(Br)cc2)ccc1NS(C)(=O)=O. The minimum Gasteiger partial charge on any atom is -0.494 e. The topological polar surface area (TPSA) is 93.7 Å². The average molecular weight is 443 g/mol. The Hall–Kier alpha value is -2.26. The zero-order valence-corrected chi connectivity index (χ0v) is 16.8. The molecule has 0 fully saturated rings. The predicted molar refractivity (Wildman–Crippen MR) is 104 cm³/mol. The normalized spacial score (nSPS) is 12.2. The van der Waals surface area contributed by atoms with E-state index in [0.717, 1.165) is 10.7 Å². The number of carbonyl (C=O) groups is 1. The van der Waals surface area contributed by atoms with Crippen molar-refractivity contribution in [2.75, 3.05) is 23.4 Å². The number of methoxy groups -OCH3 is 1. The molecule has 2 aromatic carbocycles. The average Bonchev–Trinajstić information content (AvgIpc) is 2.57. The minimum atomic E-state index is -3.44. The van der Waals surface area contributed by atoms with Crippen LogP contribution in [0.4, 0.5) is 11.4 Å². The number of benzene rings is 2. The number of halogens is 1. The van der Waals surface area contributed by atoms with Gasteiger partial charge >= 0.3 is 0 Å². The molecule has 1 atom stereocenters. The Bertz CT molecular complexity index is 885. The van der Waals surface area contributed by atoms with Crippen molar-refractivity contribution >= 4 is 43.2 Å². The molecule has 0 saturated heterocycles. The van der Waals surface area contributed by atoms with Gasteiger partial charge in [0.05, 0.1) is 19.1 Å². The molecule has 0 spiro atoms. The quantitative estimate of drug-likeness (QED) is 0.686. The number of rotatable bonds is 7. The molecule has 0 aliphatic heterocycles. The van der Waals surface area contributed by atoms with Gasteiger partial charge in [-0.25, -0.2) is 8.42 Å².